The van der Waals surface area contributed by atoms with Gasteiger partial charge >= 0.3 is 0 Å². The second-order valence-electron chi connectivity index (χ2n) is 3.04. The SMILES string of the molecule is COc1cccc([C@@H](C#N)NC(C)=O)c1. The van der Waals surface area contributed by atoms with Crippen LogP contribution in [0.5, 0.6) is 5.75 Å². The third kappa shape index (κ3) is 2.99. The number of methoxy groups -OCH3 is 1. The molecule has 78 valence electrons. The van der Waals surface area contributed by atoms with E-state index in [1.165, 1.54) is 6.92 Å². The number of ether oxygens (including phenoxy) is 1. The quantitative estimate of drug-likeness (QED) is 0.809. The number of benzene rings is 1. The highest BCUT2D eigenvalue weighted by atomic mass is 16.5. The maximum Gasteiger partial charge on any atom is 0.218 e. The molecule has 15 heavy (non-hydrogen) atoms. The maximum absolute atomic E-state index is 10.8. The van der Waals surface area contributed by atoms with E-state index in [1.54, 1.807) is 31.4 Å². The number of carbonyl (C=O) groups is 1. The van der Waals surface area contributed by atoms with Gasteiger partial charge in [-0.15, -0.1) is 0 Å². The molecule has 0 radical (unpaired) electrons. The number of hydrogen-bond acceptors (Lipinski definition) is 3. The van der Waals surface area contributed by atoms with E-state index < -0.39 is 6.04 Å². The molecule has 0 unspecified atom stereocenters. The minimum Gasteiger partial charge on any atom is -0.497 e. The molecule has 4 nitrogen and oxygen atoms in total. The Bertz CT molecular complexity index is 396. The Morgan fingerprint density at radius 3 is 2.87 bits per heavy atom. The Morgan fingerprint density at radius 1 is 1.60 bits per heavy atom. The first kappa shape index (κ1) is 11.1. The zero-order chi connectivity index (χ0) is 11.3. The van der Waals surface area contributed by atoms with E-state index in [2.05, 4.69) is 5.32 Å². The summed E-state index contributed by atoms with van der Waals surface area (Å²) < 4.78 is 5.03. The van der Waals surface area contributed by atoms with Crippen molar-refractivity contribution in [3.8, 4) is 11.8 Å². The monoisotopic (exact) mass is 204 g/mol. The van der Waals surface area contributed by atoms with Gasteiger partial charge in [0.15, 0.2) is 0 Å². The number of carbonyl (C=O) groups excluding carboxylic acids is 1. The van der Waals surface area contributed by atoms with Crippen LogP contribution in [0.2, 0.25) is 0 Å². The first-order valence-corrected chi connectivity index (χ1v) is 4.48. The second kappa shape index (κ2) is 5.01. The van der Waals surface area contributed by atoms with Gasteiger partial charge < -0.3 is 10.1 Å². The highest BCUT2D eigenvalue weighted by Crippen LogP contribution is 2.18. The highest BCUT2D eigenvalue weighted by Gasteiger charge is 2.11. The highest BCUT2D eigenvalue weighted by molar-refractivity contribution is 5.73. The van der Waals surface area contributed by atoms with Crippen LogP contribution in [0, 0.1) is 11.3 Å². The summed E-state index contributed by atoms with van der Waals surface area (Å²) in [6, 6.07) is 8.44. The molecular weight excluding hydrogens is 192 g/mol. The van der Waals surface area contributed by atoms with Gasteiger partial charge in [0.25, 0.3) is 0 Å². The molecule has 1 aromatic rings. The molecule has 0 heterocycles. The lowest BCUT2D eigenvalue weighted by Gasteiger charge is -2.11. The molecular formula is C11H12N2O2. The van der Waals surface area contributed by atoms with Crippen LogP contribution in [-0.2, 0) is 4.79 Å². The summed E-state index contributed by atoms with van der Waals surface area (Å²) in [5.74, 6) is 0.433. The van der Waals surface area contributed by atoms with E-state index in [1.807, 2.05) is 6.07 Å². The third-order valence-corrected chi connectivity index (χ3v) is 1.90. The summed E-state index contributed by atoms with van der Waals surface area (Å²) in [5.41, 5.74) is 0.715. The van der Waals surface area contributed by atoms with Gasteiger partial charge in [0.2, 0.25) is 5.91 Å². The predicted molar refractivity (Wildman–Crippen MR) is 55.2 cm³/mol. The van der Waals surface area contributed by atoms with Crippen molar-refractivity contribution in [2.45, 2.75) is 13.0 Å². The van der Waals surface area contributed by atoms with E-state index in [9.17, 15) is 4.79 Å². The van der Waals surface area contributed by atoms with Crippen molar-refractivity contribution in [2.75, 3.05) is 7.11 Å². The van der Waals surface area contributed by atoms with Crippen molar-refractivity contribution < 1.29 is 9.53 Å². The van der Waals surface area contributed by atoms with Crippen LogP contribution in [0.15, 0.2) is 24.3 Å². The van der Waals surface area contributed by atoms with E-state index in [0.29, 0.717) is 11.3 Å². The van der Waals surface area contributed by atoms with Crippen LogP contribution in [0.4, 0.5) is 0 Å². The molecule has 4 heteroatoms. The molecule has 0 aromatic heterocycles. The van der Waals surface area contributed by atoms with Gasteiger partial charge in [-0.25, -0.2) is 0 Å². The lowest BCUT2D eigenvalue weighted by atomic mass is 10.1. The number of nitrogens with zero attached hydrogens (tertiary/aromatic N) is 1. The average molecular weight is 204 g/mol. The van der Waals surface area contributed by atoms with Crippen molar-refractivity contribution in [1.29, 1.82) is 5.26 Å². The Hall–Kier alpha value is -2.02. The van der Waals surface area contributed by atoms with Crippen LogP contribution in [0.3, 0.4) is 0 Å². The minimum absolute atomic E-state index is 0.232. The number of rotatable bonds is 3. The normalized spacial score (nSPS) is 11.3. The largest absolute Gasteiger partial charge is 0.497 e. The van der Waals surface area contributed by atoms with Crippen LogP contribution >= 0.6 is 0 Å². The number of hydrogen-bond donors (Lipinski definition) is 1. The molecule has 0 spiro atoms. The smallest absolute Gasteiger partial charge is 0.218 e. The standard InChI is InChI=1S/C11H12N2O2/c1-8(14)13-11(7-12)9-4-3-5-10(6-9)15-2/h3-6,11H,1-2H3,(H,13,14)/t11-/m1/s1. The molecule has 1 rings (SSSR count). The topological polar surface area (TPSA) is 62.1 Å². The van der Waals surface area contributed by atoms with Gasteiger partial charge in [-0.2, -0.15) is 5.26 Å². The summed E-state index contributed by atoms with van der Waals surface area (Å²) in [5, 5.41) is 11.4. The summed E-state index contributed by atoms with van der Waals surface area (Å²) in [4.78, 5) is 10.8. The second-order valence-corrected chi connectivity index (χ2v) is 3.04. The van der Waals surface area contributed by atoms with E-state index in [0.717, 1.165) is 0 Å². The summed E-state index contributed by atoms with van der Waals surface area (Å²) >= 11 is 0. The molecule has 1 aromatic carbocycles. The predicted octanol–water partition coefficient (Wildman–Crippen LogP) is 1.40. The van der Waals surface area contributed by atoms with Crippen molar-refractivity contribution >= 4 is 5.91 Å². The van der Waals surface area contributed by atoms with Crippen LogP contribution in [0.1, 0.15) is 18.5 Å². The summed E-state index contributed by atoms with van der Waals surface area (Å²) in [7, 11) is 1.55. The molecule has 0 saturated carbocycles. The number of nitriles is 1. The van der Waals surface area contributed by atoms with Gasteiger partial charge in [-0.3, -0.25) is 4.79 Å². The Kier molecular flexibility index (Phi) is 3.69. The molecule has 0 aliphatic heterocycles. The van der Waals surface area contributed by atoms with Crippen molar-refractivity contribution in [2.24, 2.45) is 0 Å². The number of nitrogens with one attached hydrogen (secondary N) is 1. The van der Waals surface area contributed by atoms with Crippen molar-refractivity contribution in [1.82, 2.24) is 5.32 Å². The average Bonchev–Trinajstić information content (AvgIpc) is 2.25. The molecule has 0 aliphatic rings. The first-order valence-electron chi connectivity index (χ1n) is 4.48. The zero-order valence-electron chi connectivity index (χ0n) is 8.65. The number of amides is 1. The minimum atomic E-state index is -0.627. The first-order chi connectivity index (χ1) is 7.17. The maximum atomic E-state index is 10.8. The van der Waals surface area contributed by atoms with Gasteiger partial charge in [-0.05, 0) is 17.7 Å². The van der Waals surface area contributed by atoms with Crippen molar-refractivity contribution in [3.05, 3.63) is 29.8 Å². The summed E-state index contributed by atoms with van der Waals surface area (Å²) in [6.45, 7) is 1.38. The Balaban J connectivity index is 2.92. The fraction of sp³-hybridized carbons (Fsp3) is 0.273. The van der Waals surface area contributed by atoms with Crippen molar-refractivity contribution in [3.63, 3.8) is 0 Å². The lowest BCUT2D eigenvalue weighted by molar-refractivity contribution is -0.119. The molecule has 0 bridgehead atoms. The van der Waals surface area contributed by atoms with Gasteiger partial charge in [0.05, 0.1) is 13.2 Å². The Labute approximate surface area is 88.5 Å². The molecule has 1 atom stereocenters. The van der Waals surface area contributed by atoms with E-state index >= 15 is 0 Å². The Morgan fingerprint density at radius 2 is 2.33 bits per heavy atom. The molecule has 1 N–H and O–H groups in total. The third-order valence-electron chi connectivity index (χ3n) is 1.90. The molecule has 0 aliphatic carbocycles. The van der Waals surface area contributed by atoms with Gasteiger partial charge in [0.1, 0.15) is 11.8 Å². The van der Waals surface area contributed by atoms with Crippen LogP contribution in [-0.4, -0.2) is 13.0 Å². The fourth-order valence-electron chi connectivity index (χ4n) is 1.21. The summed E-state index contributed by atoms with van der Waals surface area (Å²) in [6.07, 6.45) is 0. The molecule has 0 fully saturated rings. The zero-order valence-corrected chi connectivity index (χ0v) is 8.65. The van der Waals surface area contributed by atoms with E-state index in [4.69, 9.17) is 10.00 Å². The molecule has 1 amide bonds. The van der Waals surface area contributed by atoms with Gasteiger partial charge in [-0.1, -0.05) is 12.1 Å². The molecule has 0 saturated heterocycles. The van der Waals surface area contributed by atoms with Gasteiger partial charge in [0, 0.05) is 6.92 Å². The lowest BCUT2D eigenvalue weighted by Crippen LogP contribution is -2.24. The van der Waals surface area contributed by atoms with E-state index in [-0.39, 0.29) is 5.91 Å². The van der Waals surface area contributed by atoms with Crippen LogP contribution < -0.4 is 10.1 Å². The fourth-order valence-corrected chi connectivity index (χ4v) is 1.21. The van der Waals surface area contributed by atoms with Crippen LogP contribution in [0.25, 0.3) is 0 Å².